The van der Waals surface area contributed by atoms with Gasteiger partial charge in [0.05, 0.1) is 11.4 Å². The molecule has 1 aromatic heterocycles. The van der Waals surface area contributed by atoms with Crippen molar-refractivity contribution in [1.82, 2.24) is 20.0 Å². The Balaban J connectivity index is 1.46. The molecule has 3 rings (SSSR count). The molecule has 0 aliphatic rings. The number of carbonyl (C=O) groups excluding carboxylic acids is 1. The number of nitrogens with zero attached hydrogens (tertiary/aromatic N) is 3. The van der Waals surface area contributed by atoms with Gasteiger partial charge in [-0.15, -0.1) is 0 Å². The van der Waals surface area contributed by atoms with Crippen LogP contribution in [0.1, 0.15) is 28.9 Å². The van der Waals surface area contributed by atoms with Gasteiger partial charge in [-0.3, -0.25) is 4.79 Å². The minimum atomic E-state index is -0.0769. The fourth-order valence-electron chi connectivity index (χ4n) is 3.47. The Morgan fingerprint density at radius 1 is 1.07 bits per heavy atom. The van der Waals surface area contributed by atoms with E-state index in [9.17, 15) is 4.79 Å². The van der Waals surface area contributed by atoms with Crippen molar-refractivity contribution in [1.29, 1.82) is 0 Å². The molecule has 0 bridgehead atoms. The van der Waals surface area contributed by atoms with Crippen molar-refractivity contribution in [3.8, 4) is 5.69 Å². The van der Waals surface area contributed by atoms with Gasteiger partial charge in [-0.2, -0.15) is 5.10 Å². The Morgan fingerprint density at radius 3 is 2.43 bits per heavy atom. The fourth-order valence-corrected chi connectivity index (χ4v) is 3.47. The summed E-state index contributed by atoms with van der Waals surface area (Å²) < 4.78 is 1.91. The van der Waals surface area contributed by atoms with E-state index in [2.05, 4.69) is 46.6 Å². The quantitative estimate of drug-likeness (QED) is 0.432. The Hall–Kier alpha value is -3.18. The second-order valence-electron chi connectivity index (χ2n) is 7.53. The number of benzene rings is 2. The molecule has 1 amide bonds. The molecular weight excluding hydrogens is 372 g/mol. The van der Waals surface area contributed by atoms with Crippen molar-refractivity contribution < 1.29 is 4.79 Å². The molecule has 0 radical (unpaired) electrons. The summed E-state index contributed by atoms with van der Waals surface area (Å²) in [7, 11) is 2.10. The van der Waals surface area contributed by atoms with E-state index >= 15 is 0 Å². The second kappa shape index (κ2) is 10.6. The maximum atomic E-state index is 12.2. The van der Waals surface area contributed by atoms with Crippen molar-refractivity contribution in [2.24, 2.45) is 0 Å². The number of hydrogen-bond donors (Lipinski definition) is 1. The predicted octanol–water partition coefficient (Wildman–Crippen LogP) is 4.14. The zero-order valence-electron chi connectivity index (χ0n) is 18.0. The third kappa shape index (κ3) is 5.91. The first-order chi connectivity index (χ1) is 14.5. The molecule has 0 fully saturated rings. The smallest absolute Gasteiger partial charge is 0.244 e. The van der Waals surface area contributed by atoms with Gasteiger partial charge in [0, 0.05) is 30.4 Å². The highest BCUT2D eigenvalue weighted by molar-refractivity contribution is 5.92. The predicted molar refractivity (Wildman–Crippen MR) is 122 cm³/mol. The SMILES string of the molecule is Cc1nn(-c2ccccc2)c(C)c1/C=C/C(=O)NCCCN(C)Cc1ccccc1. The lowest BCUT2D eigenvalue weighted by Gasteiger charge is -2.16. The molecule has 156 valence electrons. The summed E-state index contributed by atoms with van der Waals surface area (Å²) >= 11 is 0. The molecule has 0 saturated heterocycles. The van der Waals surface area contributed by atoms with Crippen LogP contribution in [0.4, 0.5) is 0 Å². The first-order valence-corrected chi connectivity index (χ1v) is 10.3. The molecule has 0 aliphatic carbocycles. The first-order valence-electron chi connectivity index (χ1n) is 10.3. The normalized spacial score (nSPS) is 11.3. The number of amides is 1. The summed E-state index contributed by atoms with van der Waals surface area (Å²) in [4.78, 5) is 14.5. The molecule has 5 heteroatoms. The summed E-state index contributed by atoms with van der Waals surface area (Å²) in [6, 6.07) is 20.4. The van der Waals surface area contributed by atoms with Gasteiger partial charge in [-0.25, -0.2) is 4.68 Å². The molecule has 0 saturated carbocycles. The minimum Gasteiger partial charge on any atom is -0.353 e. The summed E-state index contributed by atoms with van der Waals surface area (Å²) in [6.45, 7) is 6.49. The minimum absolute atomic E-state index is 0.0769. The molecule has 0 aliphatic heterocycles. The summed E-state index contributed by atoms with van der Waals surface area (Å²) in [5.74, 6) is -0.0769. The average Bonchev–Trinajstić information content (AvgIpc) is 3.04. The Kier molecular flexibility index (Phi) is 7.57. The van der Waals surface area contributed by atoms with E-state index in [-0.39, 0.29) is 5.91 Å². The van der Waals surface area contributed by atoms with Gasteiger partial charge in [-0.05, 0) is 57.6 Å². The number of rotatable bonds is 9. The van der Waals surface area contributed by atoms with Crippen LogP contribution in [0.25, 0.3) is 11.8 Å². The van der Waals surface area contributed by atoms with E-state index in [1.165, 1.54) is 5.56 Å². The van der Waals surface area contributed by atoms with Crippen molar-refractivity contribution in [3.63, 3.8) is 0 Å². The van der Waals surface area contributed by atoms with Crippen LogP contribution in [0.3, 0.4) is 0 Å². The summed E-state index contributed by atoms with van der Waals surface area (Å²) in [5, 5.41) is 7.59. The average molecular weight is 403 g/mol. The van der Waals surface area contributed by atoms with E-state index in [0.717, 1.165) is 42.1 Å². The van der Waals surface area contributed by atoms with E-state index in [0.29, 0.717) is 6.54 Å². The van der Waals surface area contributed by atoms with Gasteiger partial charge < -0.3 is 10.2 Å². The van der Waals surface area contributed by atoms with Crippen molar-refractivity contribution in [2.75, 3.05) is 20.1 Å². The van der Waals surface area contributed by atoms with Gasteiger partial charge in [0.1, 0.15) is 0 Å². The zero-order valence-corrected chi connectivity index (χ0v) is 18.0. The number of para-hydroxylation sites is 1. The van der Waals surface area contributed by atoms with Crippen molar-refractivity contribution >= 4 is 12.0 Å². The van der Waals surface area contributed by atoms with Crippen LogP contribution in [-0.4, -0.2) is 40.7 Å². The standard InChI is InChI=1S/C25H30N4O/c1-20-24(21(2)29(27-20)23-13-8-5-9-14-23)15-16-25(30)26-17-10-18-28(3)19-22-11-6-4-7-12-22/h4-9,11-16H,10,17-19H2,1-3H3,(H,26,30)/b16-15+. The van der Waals surface area contributed by atoms with Gasteiger partial charge >= 0.3 is 0 Å². The second-order valence-corrected chi connectivity index (χ2v) is 7.53. The molecular formula is C25H30N4O. The highest BCUT2D eigenvalue weighted by Crippen LogP contribution is 2.19. The van der Waals surface area contributed by atoms with Gasteiger partial charge in [0.2, 0.25) is 5.91 Å². The molecule has 0 unspecified atom stereocenters. The van der Waals surface area contributed by atoms with E-state index in [1.807, 2.05) is 61.0 Å². The Morgan fingerprint density at radius 2 is 1.73 bits per heavy atom. The monoisotopic (exact) mass is 402 g/mol. The molecule has 1 N–H and O–H groups in total. The molecule has 30 heavy (non-hydrogen) atoms. The van der Waals surface area contributed by atoms with Crippen molar-refractivity contribution in [2.45, 2.75) is 26.8 Å². The van der Waals surface area contributed by atoms with E-state index in [4.69, 9.17) is 0 Å². The van der Waals surface area contributed by atoms with Crippen LogP contribution in [0, 0.1) is 13.8 Å². The lowest BCUT2D eigenvalue weighted by Crippen LogP contribution is -2.26. The molecule has 5 nitrogen and oxygen atoms in total. The lowest BCUT2D eigenvalue weighted by molar-refractivity contribution is -0.116. The Labute approximate surface area is 179 Å². The molecule has 0 spiro atoms. The number of carbonyl (C=O) groups is 1. The van der Waals surface area contributed by atoms with Crippen molar-refractivity contribution in [3.05, 3.63) is 89.3 Å². The number of aromatic nitrogens is 2. The third-order valence-electron chi connectivity index (χ3n) is 5.06. The Bertz CT molecular complexity index is 977. The number of aryl methyl sites for hydroxylation is 1. The van der Waals surface area contributed by atoms with Crippen LogP contribution in [-0.2, 0) is 11.3 Å². The van der Waals surface area contributed by atoms with Crippen LogP contribution in [0.5, 0.6) is 0 Å². The maximum absolute atomic E-state index is 12.2. The van der Waals surface area contributed by atoms with Gasteiger partial charge in [0.15, 0.2) is 0 Å². The highest BCUT2D eigenvalue weighted by Gasteiger charge is 2.10. The van der Waals surface area contributed by atoms with Crippen LogP contribution in [0.15, 0.2) is 66.7 Å². The molecule has 3 aromatic rings. The first kappa shape index (κ1) is 21.5. The van der Waals surface area contributed by atoms with E-state index < -0.39 is 0 Å². The zero-order chi connectivity index (χ0) is 21.3. The van der Waals surface area contributed by atoms with Crippen LogP contribution >= 0.6 is 0 Å². The summed E-state index contributed by atoms with van der Waals surface area (Å²) in [5.41, 5.74) is 5.22. The largest absolute Gasteiger partial charge is 0.353 e. The van der Waals surface area contributed by atoms with Crippen LogP contribution in [0.2, 0.25) is 0 Å². The number of hydrogen-bond acceptors (Lipinski definition) is 3. The fraction of sp³-hybridized carbons (Fsp3) is 0.280. The van der Waals surface area contributed by atoms with E-state index in [1.54, 1.807) is 6.08 Å². The number of nitrogens with one attached hydrogen (secondary N) is 1. The topological polar surface area (TPSA) is 50.2 Å². The molecule has 1 heterocycles. The highest BCUT2D eigenvalue weighted by atomic mass is 16.1. The van der Waals surface area contributed by atoms with Crippen LogP contribution < -0.4 is 5.32 Å². The van der Waals surface area contributed by atoms with Gasteiger partial charge in [0.25, 0.3) is 0 Å². The maximum Gasteiger partial charge on any atom is 0.244 e. The third-order valence-corrected chi connectivity index (χ3v) is 5.06. The molecule has 2 aromatic carbocycles. The summed E-state index contributed by atoms with van der Waals surface area (Å²) in [6.07, 6.45) is 4.36. The molecule has 0 atom stereocenters. The lowest BCUT2D eigenvalue weighted by atomic mass is 10.2. The van der Waals surface area contributed by atoms with Gasteiger partial charge in [-0.1, -0.05) is 48.5 Å².